The molecule has 0 bridgehead atoms. The van der Waals surface area contributed by atoms with E-state index in [9.17, 15) is 4.79 Å². The van der Waals surface area contributed by atoms with Gasteiger partial charge >= 0.3 is 0 Å². The normalized spacial score (nSPS) is 10.2. The smallest absolute Gasteiger partial charge is 0.257 e. The lowest BCUT2D eigenvalue weighted by Gasteiger charge is -2.15. The van der Waals surface area contributed by atoms with Crippen LogP contribution >= 0.6 is 36.4 Å². The number of pyridine rings is 1. The topological polar surface area (TPSA) is 83.0 Å². The van der Waals surface area contributed by atoms with Crippen molar-refractivity contribution < 1.29 is 4.79 Å². The van der Waals surface area contributed by atoms with E-state index in [2.05, 4.69) is 39.7 Å². The Kier molecular flexibility index (Phi) is 10.1. The van der Waals surface area contributed by atoms with Gasteiger partial charge in [0.15, 0.2) is 0 Å². The Hall–Kier alpha value is -3.13. The van der Waals surface area contributed by atoms with Crippen molar-refractivity contribution in [1.29, 1.82) is 0 Å². The van der Waals surface area contributed by atoms with E-state index in [4.69, 9.17) is 16.6 Å². The molecule has 0 unspecified atom stereocenters. The van der Waals surface area contributed by atoms with Crippen LogP contribution in [0, 0.1) is 6.92 Å². The van der Waals surface area contributed by atoms with Crippen LogP contribution in [0.5, 0.6) is 0 Å². The number of aryl methyl sites for hydroxylation is 1. The zero-order valence-electron chi connectivity index (χ0n) is 19.6. The monoisotopic (exact) mass is 532 g/mol. The van der Waals surface area contributed by atoms with Gasteiger partial charge in [0.2, 0.25) is 5.95 Å². The first-order valence-corrected chi connectivity index (χ1v) is 11.0. The van der Waals surface area contributed by atoms with Gasteiger partial charge < -0.3 is 15.5 Å². The van der Waals surface area contributed by atoms with Gasteiger partial charge in [0.1, 0.15) is 11.0 Å². The molecule has 2 aromatic carbocycles. The van der Waals surface area contributed by atoms with Gasteiger partial charge in [-0.15, -0.1) is 24.8 Å². The number of halogens is 3. The second-order valence-corrected chi connectivity index (χ2v) is 8.37. The Balaban J connectivity index is 0.00000216. The number of carbonyl (C=O) groups is 1. The number of nitrogens with zero attached hydrogens (tertiary/aromatic N) is 4. The van der Waals surface area contributed by atoms with E-state index < -0.39 is 0 Å². The SMILES string of the molecule is Cc1ccc2nc(N(C)C)nc(NCCc3ccc(NC(=O)c4ccc(Cl)nc4)cc3)c2c1.Cl.Cl. The summed E-state index contributed by atoms with van der Waals surface area (Å²) in [4.78, 5) is 27.5. The van der Waals surface area contributed by atoms with Gasteiger partial charge in [-0.25, -0.2) is 9.97 Å². The van der Waals surface area contributed by atoms with E-state index in [1.807, 2.05) is 49.3 Å². The average molecular weight is 534 g/mol. The number of amides is 1. The van der Waals surface area contributed by atoms with Crippen LogP contribution in [0.2, 0.25) is 5.15 Å². The molecule has 0 spiro atoms. The molecule has 0 saturated heterocycles. The zero-order chi connectivity index (χ0) is 23.4. The molecule has 10 heteroatoms. The van der Waals surface area contributed by atoms with Crippen molar-refractivity contribution in [2.24, 2.45) is 0 Å². The molecule has 1 amide bonds. The number of aromatic nitrogens is 3. The third-order valence-electron chi connectivity index (χ3n) is 5.15. The van der Waals surface area contributed by atoms with Crippen molar-refractivity contribution in [2.45, 2.75) is 13.3 Å². The van der Waals surface area contributed by atoms with Crippen LogP contribution in [-0.2, 0) is 6.42 Å². The number of nitrogens with one attached hydrogen (secondary N) is 2. The third kappa shape index (κ3) is 7.18. The summed E-state index contributed by atoms with van der Waals surface area (Å²) in [5.74, 6) is 1.27. The number of anilines is 3. The minimum absolute atomic E-state index is 0. The zero-order valence-corrected chi connectivity index (χ0v) is 22.0. The van der Waals surface area contributed by atoms with E-state index >= 15 is 0 Å². The molecule has 35 heavy (non-hydrogen) atoms. The standard InChI is InChI=1S/C25H25ClN6O.2ClH/c1-16-4-10-21-20(14-16)23(31-25(30-21)32(2)3)27-13-12-17-5-8-19(9-6-17)29-24(33)18-7-11-22(26)28-15-18;;/h4-11,14-15H,12-13H2,1-3H3,(H,29,33)(H,27,30,31);2*1H. The largest absolute Gasteiger partial charge is 0.369 e. The molecule has 2 aromatic heterocycles. The quantitative estimate of drug-likeness (QED) is 0.292. The van der Waals surface area contributed by atoms with Crippen molar-refractivity contribution in [3.8, 4) is 0 Å². The van der Waals surface area contributed by atoms with Crippen molar-refractivity contribution in [3.63, 3.8) is 0 Å². The number of benzene rings is 2. The summed E-state index contributed by atoms with van der Waals surface area (Å²) in [5, 5.41) is 7.70. The molecular weight excluding hydrogens is 507 g/mol. The Morgan fingerprint density at radius 3 is 2.40 bits per heavy atom. The highest BCUT2D eigenvalue weighted by atomic mass is 35.5. The molecule has 0 fully saturated rings. The maximum Gasteiger partial charge on any atom is 0.257 e. The molecule has 4 rings (SSSR count). The molecule has 0 aliphatic heterocycles. The fourth-order valence-corrected chi connectivity index (χ4v) is 3.47. The first kappa shape index (κ1) is 28.1. The molecule has 0 atom stereocenters. The van der Waals surface area contributed by atoms with Crippen LogP contribution in [0.3, 0.4) is 0 Å². The number of rotatable bonds is 7. The fraction of sp³-hybridized carbons (Fsp3) is 0.200. The maximum absolute atomic E-state index is 12.3. The lowest BCUT2D eigenvalue weighted by atomic mass is 10.1. The first-order chi connectivity index (χ1) is 15.9. The molecule has 0 aliphatic carbocycles. The Labute approximate surface area is 222 Å². The molecule has 0 aliphatic rings. The average Bonchev–Trinajstić information content (AvgIpc) is 2.80. The molecule has 7 nitrogen and oxygen atoms in total. The van der Waals surface area contributed by atoms with Crippen LogP contribution in [0.25, 0.3) is 10.9 Å². The highest BCUT2D eigenvalue weighted by Gasteiger charge is 2.10. The summed E-state index contributed by atoms with van der Waals surface area (Å²) in [5.41, 5.74) is 4.41. The Morgan fingerprint density at radius 2 is 1.74 bits per heavy atom. The number of carbonyl (C=O) groups excluding carboxylic acids is 1. The van der Waals surface area contributed by atoms with Crippen LogP contribution < -0.4 is 15.5 Å². The van der Waals surface area contributed by atoms with Crippen molar-refractivity contribution >= 4 is 70.7 Å². The lowest BCUT2D eigenvalue weighted by molar-refractivity contribution is 0.102. The molecular formula is C25H27Cl3N6O. The van der Waals surface area contributed by atoms with Crippen LogP contribution in [0.1, 0.15) is 21.5 Å². The molecule has 184 valence electrons. The van der Waals surface area contributed by atoms with Gasteiger partial charge in [0, 0.05) is 37.9 Å². The van der Waals surface area contributed by atoms with Gasteiger partial charge in [0.25, 0.3) is 5.91 Å². The summed E-state index contributed by atoms with van der Waals surface area (Å²) in [7, 11) is 3.87. The number of fused-ring (bicyclic) bond motifs is 1. The van der Waals surface area contributed by atoms with Gasteiger partial charge in [-0.3, -0.25) is 4.79 Å². The minimum atomic E-state index is -0.226. The van der Waals surface area contributed by atoms with Gasteiger partial charge in [-0.2, -0.15) is 4.98 Å². The van der Waals surface area contributed by atoms with Crippen LogP contribution in [0.15, 0.2) is 60.8 Å². The van der Waals surface area contributed by atoms with Gasteiger partial charge in [-0.05, 0) is 55.3 Å². The summed E-state index contributed by atoms with van der Waals surface area (Å²) >= 11 is 5.77. The maximum atomic E-state index is 12.3. The van der Waals surface area contributed by atoms with E-state index in [-0.39, 0.29) is 30.7 Å². The highest BCUT2D eigenvalue weighted by molar-refractivity contribution is 6.29. The van der Waals surface area contributed by atoms with Crippen molar-refractivity contribution in [3.05, 3.63) is 82.6 Å². The second-order valence-electron chi connectivity index (χ2n) is 7.98. The minimum Gasteiger partial charge on any atom is -0.369 e. The molecule has 4 aromatic rings. The summed E-state index contributed by atoms with van der Waals surface area (Å²) in [6.45, 7) is 2.78. The summed E-state index contributed by atoms with van der Waals surface area (Å²) < 4.78 is 0. The summed E-state index contributed by atoms with van der Waals surface area (Å²) in [6, 6.07) is 17.2. The molecule has 0 saturated carbocycles. The summed E-state index contributed by atoms with van der Waals surface area (Å²) in [6.07, 6.45) is 2.27. The second kappa shape index (κ2) is 12.5. The number of hydrogen-bond donors (Lipinski definition) is 2. The van der Waals surface area contributed by atoms with Crippen molar-refractivity contribution in [2.75, 3.05) is 36.2 Å². The third-order valence-corrected chi connectivity index (χ3v) is 5.37. The predicted octanol–water partition coefficient (Wildman–Crippen LogP) is 5.80. The van der Waals surface area contributed by atoms with E-state index in [1.54, 1.807) is 12.1 Å². The van der Waals surface area contributed by atoms with Gasteiger partial charge in [0.05, 0.1) is 11.1 Å². The highest BCUT2D eigenvalue weighted by Crippen LogP contribution is 2.24. The van der Waals surface area contributed by atoms with E-state index in [0.717, 1.165) is 40.9 Å². The number of hydrogen-bond acceptors (Lipinski definition) is 6. The Morgan fingerprint density at radius 1 is 1.00 bits per heavy atom. The molecule has 2 N–H and O–H groups in total. The fourth-order valence-electron chi connectivity index (χ4n) is 3.36. The Bertz CT molecular complexity index is 1280. The first-order valence-electron chi connectivity index (χ1n) is 10.6. The lowest BCUT2D eigenvalue weighted by Crippen LogP contribution is -2.15. The van der Waals surface area contributed by atoms with Gasteiger partial charge in [-0.1, -0.05) is 35.4 Å². The van der Waals surface area contributed by atoms with E-state index in [1.165, 1.54) is 11.8 Å². The molecule has 2 heterocycles. The van der Waals surface area contributed by atoms with Crippen molar-refractivity contribution in [1.82, 2.24) is 15.0 Å². The van der Waals surface area contributed by atoms with E-state index in [0.29, 0.717) is 16.7 Å². The molecule has 0 radical (unpaired) electrons. The predicted molar refractivity (Wildman–Crippen MR) is 149 cm³/mol. The van der Waals surface area contributed by atoms with Crippen LogP contribution in [0.4, 0.5) is 17.5 Å². The van der Waals surface area contributed by atoms with Crippen LogP contribution in [-0.4, -0.2) is 41.5 Å².